The zero-order valence-corrected chi connectivity index (χ0v) is 12.2. The Bertz CT molecular complexity index is 468. The average molecular weight is 313 g/mol. The second-order valence-corrected chi connectivity index (χ2v) is 5.96. The minimum Gasteiger partial charge on any atom is -0.493 e. The lowest BCUT2D eigenvalue weighted by Gasteiger charge is -2.18. The van der Waals surface area contributed by atoms with Crippen molar-refractivity contribution in [2.24, 2.45) is 11.8 Å². The molecule has 1 aromatic carbocycles. The molecule has 0 radical (unpaired) electrons. The van der Waals surface area contributed by atoms with Crippen LogP contribution in [0.4, 0.5) is 0 Å². The average Bonchev–Trinajstić information content (AvgIpc) is 2.72. The number of carboxylic acids is 1. The maximum atomic E-state index is 11.3. The predicted molar refractivity (Wildman–Crippen MR) is 73.0 cm³/mol. The number of fused-ring (bicyclic) bond motifs is 1. The van der Waals surface area contributed by atoms with Crippen LogP contribution in [-0.2, 0) is 17.6 Å². The van der Waals surface area contributed by atoms with Crippen molar-refractivity contribution < 1.29 is 14.6 Å². The Kier molecular flexibility index (Phi) is 3.95. The van der Waals surface area contributed by atoms with E-state index in [1.54, 1.807) is 0 Å². The summed E-state index contributed by atoms with van der Waals surface area (Å²) in [4.78, 5) is 11.3. The van der Waals surface area contributed by atoms with Gasteiger partial charge in [0.2, 0.25) is 0 Å². The van der Waals surface area contributed by atoms with Crippen LogP contribution in [-0.4, -0.2) is 17.7 Å². The minimum absolute atomic E-state index is 0.110. The number of aliphatic carboxylic acids is 1. The fraction of sp³-hybridized carbons (Fsp3) is 0.500. The first kappa shape index (κ1) is 13.4. The van der Waals surface area contributed by atoms with Gasteiger partial charge in [0.15, 0.2) is 0 Å². The number of carbonyl (C=O) groups is 1. The van der Waals surface area contributed by atoms with Gasteiger partial charge in [-0.15, -0.1) is 0 Å². The van der Waals surface area contributed by atoms with Gasteiger partial charge in [-0.3, -0.25) is 4.79 Å². The third kappa shape index (κ3) is 2.69. The molecule has 3 nitrogen and oxygen atoms in total. The van der Waals surface area contributed by atoms with Crippen LogP contribution in [0.2, 0.25) is 0 Å². The zero-order valence-electron chi connectivity index (χ0n) is 10.6. The fourth-order valence-electron chi connectivity index (χ4n) is 2.34. The van der Waals surface area contributed by atoms with Crippen LogP contribution in [0.25, 0.3) is 0 Å². The topological polar surface area (TPSA) is 46.5 Å². The van der Waals surface area contributed by atoms with Gasteiger partial charge in [-0.1, -0.05) is 29.8 Å². The quantitative estimate of drug-likeness (QED) is 0.928. The van der Waals surface area contributed by atoms with Crippen LogP contribution in [0.5, 0.6) is 5.75 Å². The van der Waals surface area contributed by atoms with Gasteiger partial charge in [-0.05, 0) is 35.6 Å². The van der Waals surface area contributed by atoms with Crippen LogP contribution in [0, 0.1) is 11.8 Å². The highest BCUT2D eigenvalue weighted by Crippen LogP contribution is 2.35. The van der Waals surface area contributed by atoms with E-state index in [9.17, 15) is 9.90 Å². The number of benzene rings is 1. The lowest BCUT2D eigenvalue weighted by atomic mass is 9.88. The van der Waals surface area contributed by atoms with Crippen molar-refractivity contribution in [3.05, 3.63) is 27.7 Å². The molecule has 1 N–H and O–H groups in total. The number of carboxylic acid groups (broad SMARTS) is 1. The summed E-state index contributed by atoms with van der Waals surface area (Å²) in [6.45, 7) is 4.58. The summed E-state index contributed by atoms with van der Waals surface area (Å²) < 4.78 is 6.63. The monoisotopic (exact) mass is 312 g/mol. The van der Waals surface area contributed by atoms with E-state index in [1.165, 1.54) is 5.56 Å². The molecule has 98 valence electrons. The summed E-state index contributed by atoms with van der Waals surface area (Å²) in [5.41, 5.74) is 2.17. The van der Waals surface area contributed by atoms with Crippen molar-refractivity contribution >= 4 is 21.9 Å². The molecule has 0 saturated carbocycles. The molecule has 0 amide bonds. The third-order valence-corrected chi connectivity index (χ3v) is 3.84. The molecular formula is C14H17BrO3. The minimum atomic E-state index is -0.739. The summed E-state index contributed by atoms with van der Waals surface area (Å²) in [6.07, 6.45) is 1.43. The highest BCUT2D eigenvalue weighted by molar-refractivity contribution is 9.10. The van der Waals surface area contributed by atoms with Crippen molar-refractivity contribution in [3.63, 3.8) is 0 Å². The molecule has 0 saturated heterocycles. The molecule has 0 aliphatic carbocycles. The van der Waals surface area contributed by atoms with E-state index in [0.717, 1.165) is 22.2 Å². The van der Waals surface area contributed by atoms with Gasteiger partial charge >= 0.3 is 5.97 Å². The molecule has 2 rings (SSSR count). The van der Waals surface area contributed by atoms with Crippen molar-refractivity contribution in [1.82, 2.24) is 0 Å². The van der Waals surface area contributed by atoms with Crippen LogP contribution in [0.3, 0.4) is 0 Å². The Labute approximate surface area is 115 Å². The van der Waals surface area contributed by atoms with Crippen molar-refractivity contribution in [2.75, 3.05) is 6.61 Å². The number of hydrogen-bond acceptors (Lipinski definition) is 2. The molecule has 18 heavy (non-hydrogen) atoms. The molecule has 0 spiro atoms. The van der Waals surface area contributed by atoms with E-state index in [4.69, 9.17) is 4.74 Å². The lowest BCUT2D eigenvalue weighted by Crippen LogP contribution is -2.22. The second-order valence-electron chi connectivity index (χ2n) is 5.04. The molecule has 1 heterocycles. The summed E-state index contributed by atoms with van der Waals surface area (Å²) in [5.74, 6) is -0.104. The van der Waals surface area contributed by atoms with Crippen molar-refractivity contribution in [3.8, 4) is 5.75 Å². The lowest BCUT2D eigenvalue weighted by molar-refractivity contribution is -0.143. The maximum absolute atomic E-state index is 11.3. The van der Waals surface area contributed by atoms with Crippen LogP contribution >= 0.6 is 15.9 Å². The number of rotatable bonds is 4. The van der Waals surface area contributed by atoms with Crippen molar-refractivity contribution in [1.29, 1.82) is 0 Å². The Balaban J connectivity index is 2.31. The molecule has 0 bridgehead atoms. The van der Waals surface area contributed by atoms with Gasteiger partial charge in [0, 0.05) is 10.9 Å². The molecule has 0 fully saturated rings. The molecular weight excluding hydrogens is 296 g/mol. The first-order valence-electron chi connectivity index (χ1n) is 6.16. The summed E-state index contributed by atoms with van der Waals surface area (Å²) in [7, 11) is 0. The van der Waals surface area contributed by atoms with E-state index in [0.29, 0.717) is 13.0 Å². The maximum Gasteiger partial charge on any atom is 0.307 e. The number of halogens is 1. The molecule has 1 aromatic rings. The van der Waals surface area contributed by atoms with Crippen molar-refractivity contribution in [2.45, 2.75) is 26.7 Å². The highest BCUT2D eigenvalue weighted by atomic mass is 79.9. The van der Waals surface area contributed by atoms with Gasteiger partial charge in [0.25, 0.3) is 0 Å². The van der Waals surface area contributed by atoms with Gasteiger partial charge in [0.1, 0.15) is 5.75 Å². The highest BCUT2D eigenvalue weighted by Gasteiger charge is 2.25. The van der Waals surface area contributed by atoms with Gasteiger partial charge < -0.3 is 9.84 Å². The fourth-order valence-corrected chi connectivity index (χ4v) is 2.90. The van der Waals surface area contributed by atoms with E-state index >= 15 is 0 Å². The zero-order chi connectivity index (χ0) is 13.3. The number of ether oxygens (including phenoxy) is 1. The largest absolute Gasteiger partial charge is 0.493 e. The normalized spacial score (nSPS) is 15.3. The smallest absolute Gasteiger partial charge is 0.307 e. The SMILES string of the molecule is CC(C)C(Cc1cc(Br)cc2c1OCC2)C(=O)O. The Morgan fingerprint density at radius 3 is 2.83 bits per heavy atom. The van der Waals surface area contributed by atoms with E-state index in [2.05, 4.69) is 22.0 Å². The van der Waals surface area contributed by atoms with Crippen LogP contribution in [0.1, 0.15) is 25.0 Å². The molecule has 4 heteroatoms. The Morgan fingerprint density at radius 2 is 2.22 bits per heavy atom. The molecule has 1 unspecified atom stereocenters. The molecule has 1 atom stereocenters. The van der Waals surface area contributed by atoms with Gasteiger partial charge in [-0.25, -0.2) is 0 Å². The Morgan fingerprint density at radius 1 is 1.50 bits per heavy atom. The van der Waals surface area contributed by atoms with E-state index in [1.807, 2.05) is 19.9 Å². The van der Waals surface area contributed by atoms with Crippen LogP contribution in [0.15, 0.2) is 16.6 Å². The molecule has 0 aromatic heterocycles. The third-order valence-electron chi connectivity index (χ3n) is 3.39. The summed E-state index contributed by atoms with van der Waals surface area (Å²) >= 11 is 3.48. The van der Waals surface area contributed by atoms with E-state index in [-0.39, 0.29) is 11.8 Å². The molecule has 1 aliphatic heterocycles. The standard InChI is InChI=1S/C14H17BrO3/c1-8(2)12(14(16)17)7-10-6-11(15)5-9-3-4-18-13(9)10/h5-6,8,12H,3-4,7H2,1-2H3,(H,16,17). The summed E-state index contributed by atoms with van der Waals surface area (Å²) in [6, 6.07) is 4.03. The van der Waals surface area contributed by atoms with Gasteiger partial charge in [-0.2, -0.15) is 0 Å². The number of hydrogen-bond donors (Lipinski definition) is 1. The van der Waals surface area contributed by atoms with Crippen LogP contribution < -0.4 is 4.74 Å². The van der Waals surface area contributed by atoms with E-state index < -0.39 is 5.97 Å². The first-order valence-corrected chi connectivity index (χ1v) is 6.95. The first-order chi connectivity index (χ1) is 8.49. The predicted octanol–water partition coefficient (Wildman–Crippen LogP) is 3.28. The summed E-state index contributed by atoms with van der Waals surface area (Å²) in [5, 5.41) is 9.27. The van der Waals surface area contributed by atoms with Gasteiger partial charge in [0.05, 0.1) is 12.5 Å². The second kappa shape index (κ2) is 5.31. The molecule has 1 aliphatic rings. The Hall–Kier alpha value is -1.03.